The molecule has 2 rings (SSSR count). The van der Waals surface area contributed by atoms with Crippen molar-refractivity contribution in [2.24, 2.45) is 5.73 Å². The highest BCUT2D eigenvalue weighted by atomic mass is 19.1. The highest BCUT2D eigenvalue weighted by Gasteiger charge is 2.24. The van der Waals surface area contributed by atoms with Crippen molar-refractivity contribution in [3.63, 3.8) is 0 Å². The Balaban J connectivity index is 2.35. The normalized spacial score (nSPS) is 13.8. The van der Waals surface area contributed by atoms with Crippen molar-refractivity contribution in [2.45, 2.75) is 25.5 Å². The first-order valence-corrected chi connectivity index (χ1v) is 6.64. The molecule has 0 aliphatic heterocycles. The molecule has 5 heteroatoms. The third kappa shape index (κ3) is 3.55. The Kier molecular flexibility index (Phi) is 4.85. The number of benzene rings is 2. The summed E-state index contributed by atoms with van der Waals surface area (Å²) in [5.74, 6) is -2.19. The lowest BCUT2D eigenvalue weighted by atomic mass is 10.00. The predicted octanol–water partition coefficient (Wildman–Crippen LogP) is 3.96. The number of hydrogen-bond donors (Lipinski definition) is 1. The van der Waals surface area contributed by atoms with Gasteiger partial charge in [0.2, 0.25) is 0 Å². The molecule has 0 bridgehead atoms. The zero-order valence-corrected chi connectivity index (χ0v) is 11.5. The van der Waals surface area contributed by atoms with E-state index >= 15 is 0 Å². The molecule has 0 aliphatic rings. The molecule has 21 heavy (non-hydrogen) atoms. The van der Waals surface area contributed by atoms with Gasteiger partial charge in [-0.1, -0.05) is 25.1 Å². The van der Waals surface area contributed by atoms with Crippen molar-refractivity contribution in [3.05, 3.63) is 65.5 Å². The van der Waals surface area contributed by atoms with Crippen molar-refractivity contribution in [1.82, 2.24) is 0 Å². The fourth-order valence-electron chi connectivity index (χ4n) is 2.01. The predicted molar refractivity (Wildman–Crippen MR) is 74.4 cm³/mol. The summed E-state index contributed by atoms with van der Waals surface area (Å²) in [5.41, 5.74) is 6.20. The van der Waals surface area contributed by atoms with Crippen LogP contribution in [0.2, 0.25) is 0 Å². The smallest absolute Gasteiger partial charge is 0.168 e. The van der Waals surface area contributed by atoms with Gasteiger partial charge in [0.25, 0.3) is 0 Å². The van der Waals surface area contributed by atoms with Gasteiger partial charge in [-0.2, -0.15) is 0 Å². The van der Waals surface area contributed by atoms with Gasteiger partial charge in [-0.15, -0.1) is 0 Å². The molecule has 0 aliphatic carbocycles. The number of halogens is 3. The molecule has 2 nitrogen and oxygen atoms in total. The molecule has 0 saturated carbocycles. The van der Waals surface area contributed by atoms with Crippen LogP contribution < -0.4 is 10.5 Å². The number of rotatable bonds is 5. The number of ether oxygens (including phenoxy) is 1. The molecule has 0 heterocycles. The van der Waals surface area contributed by atoms with Gasteiger partial charge >= 0.3 is 0 Å². The molecule has 0 saturated heterocycles. The third-order valence-corrected chi connectivity index (χ3v) is 3.22. The molecule has 0 aromatic heterocycles. The zero-order valence-electron chi connectivity index (χ0n) is 11.5. The van der Waals surface area contributed by atoms with Gasteiger partial charge in [-0.25, -0.2) is 13.2 Å². The minimum absolute atomic E-state index is 0.159. The van der Waals surface area contributed by atoms with E-state index in [1.165, 1.54) is 18.2 Å². The molecule has 0 radical (unpaired) electrons. The van der Waals surface area contributed by atoms with E-state index in [-0.39, 0.29) is 11.3 Å². The quantitative estimate of drug-likeness (QED) is 0.906. The molecular weight excluding hydrogens is 279 g/mol. The summed E-state index contributed by atoms with van der Waals surface area (Å²) in [6, 6.07) is 8.46. The van der Waals surface area contributed by atoms with Crippen molar-refractivity contribution in [3.8, 4) is 5.75 Å². The number of nitrogens with two attached hydrogens (primary N) is 1. The lowest BCUT2D eigenvalue weighted by Crippen LogP contribution is -2.32. The van der Waals surface area contributed by atoms with E-state index in [4.69, 9.17) is 10.5 Å². The van der Waals surface area contributed by atoms with Crippen LogP contribution >= 0.6 is 0 Å². The lowest BCUT2D eigenvalue weighted by Gasteiger charge is -2.25. The van der Waals surface area contributed by atoms with Crippen LogP contribution in [-0.4, -0.2) is 6.04 Å². The fraction of sp³-hybridized carbons (Fsp3) is 0.250. The van der Waals surface area contributed by atoms with Crippen molar-refractivity contribution < 1.29 is 17.9 Å². The van der Waals surface area contributed by atoms with Crippen LogP contribution in [0, 0.1) is 17.5 Å². The highest BCUT2D eigenvalue weighted by molar-refractivity contribution is 5.28. The number of hydrogen-bond acceptors (Lipinski definition) is 2. The van der Waals surface area contributed by atoms with Crippen molar-refractivity contribution >= 4 is 0 Å². The largest absolute Gasteiger partial charge is 0.481 e. The second-order valence-electron chi connectivity index (χ2n) is 4.71. The van der Waals surface area contributed by atoms with Crippen LogP contribution in [0.1, 0.15) is 25.0 Å². The van der Waals surface area contributed by atoms with E-state index < -0.39 is 29.6 Å². The summed E-state index contributed by atoms with van der Waals surface area (Å²) in [6.45, 7) is 1.82. The Morgan fingerprint density at radius 1 is 1.05 bits per heavy atom. The third-order valence-electron chi connectivity index (χ3n) is 3.22. The van der Waals surface area contributed by atoms with Crippen LogP contribution in [-0.2, 0) is 0 Å². The Hall–Kier alpha value is -2.01. The summed E-state index contributed by atoms with van der Waals surface area (Å²) >= 11 is 0. The first-order chi connectivity index (χ1) is 10.0. The molecule has 0 spiro atoms. The average Bonchev–Trinajstić information content (AvgIpc) is 2.47. The van der Waals surface area contributed by atoms with Gasteiger partial charge in [0.15, 0.2) is 11.6 Å². The standard InChI is InChI=1S/C16H16F3NO/c1-2-14(20)16(11-5-3-4-6-12(11)18)21-15-8-7-10(17)9-13(15)19/h3-9,14,16H,2,20H2,1H3. The SMILES string of the molecule is CCC(N)C(Oc1ccc(F)cc1F)c1ccccc1F. The van der Waals surface area contributed by atoms with Crippen LogP contribution in [0.5, 0.6) is 5.75 Å². The fourth-order valence-corrected chi connectivity index (χ4v) is 2.01. The Bertz CT molecular complexity index is 618. The van der Waals surface area contributed by atoms with E-state index in [1.807, 2.05) is 6.92 Å². The van der Waals surface area contributed by atoms with Gasteiger partial charge in [0.05, 0.1) is 0 Å². The van der Waals surface area contributed by atoms with E-state index in [2.05, 4.69) is 0 Å². The van der Waals surface area contributed by atoms with Crippen molar-refractivity contribution in [1.29, 1.82) is 0 Å². The molecule has 2 aromatic rings. The van der Waals surface area contributed by atoms with Gasteiger partial charge in [-0.3, -0.25) is 0 Å². The lowest BCUT2D eigenvalue weighted by molar-refractivity contribution is 0.159. The maximum absolute atomic E-state index is 13.9. The minimum atomic E-state index is -0.851. The van der Waals surface area contributed by atoms with Crippen LogP contribution in [0.4, 0.5) is 13.2 Å². The molecule has 2 unspecified atom stereocenters. The van der Waals surface area contributed by atoms with Crippen LogP contribution in [0.25, 0.3) is 0 Å². The zero-order chi connectivity index (χ0) is 15.4. The molecule has 2 atom stereocenters. The maximum atomic E-state index is 13.9. The second kappa shape index (κ2) is 6.63. The van der Waals surface area contributed by atoms with E-state index in [1.54, 1.807) is 12.1 Å². The van der Waals surface area contributed by atoms with Crippen LogP contribution in [0.15, 0.2) is 42.5 Å². The molecule has 2 aromatic carbocycles. The Morgan fingerprint density at radius 3 is 2.38 bits per heavy atom. The molecule has 0 fully saturated rings. The van der Waals surface area contributed by atoms with Gasteiger partial charge < -0.3 is 10.5 Å². The van der Waals surface area contributed by atoms with Crippen molar-refractivity contribution in [2.75, 3.05) is 0 Å². The molecular formula is C16H16F3NO. The first kappa shape index (κ1) is 15.4. The van der Waals surface area contributed by atoms with Gasteiger partial charge in [0.1, 0.15) is 17.7 Å². The first-order valence-electron chi connectivity index (χ1n) is 6.64. The maximum Gasteiger partial charge on any atom is 0.168 e. The van der Waals surface area contributed by atoms with E-state index in [0.29, 0.717) is 12.5 Å². The molecule has 112 valence electrons. The average molecular weight is 295 g/mol. The molecule has 2 N–H and O–H groups in total. The summed E-state index contributed by atoms with van der Waals surface area (Å²) in [7, 11) is 0. The topological polar surface area (TPSA) is 35.2 Å². The summed E-state index contributed by atoms with van der Waals surface area (Å²) in [6.07, 6.45) is -0.335. The van der Waals surface area contributed by atoms with Crippen LogP contribution in [0.3, 0.4) is 0 Å². The van der Waals surface area contributed by atoms with Gasteiger partial charge in [0, 0.05) is 17.7 Å². The van der Waals surface area contributed by atoms with E-state index in [0.717, 1.165) is 6.07 Å². The monoisotopic (exact) mass is 295 g/mol. The van der Waals surface area contributed by atoms with Gasteiger partial charge in [-0.05, 0) is 24.6 Å². The summed E-state index contributed by atoms with van der Waals surface area (Å²) in [4.78, 5) is 0. The second-order valence-corrected chi connectivity index (χ2v) is 4.71. The summed E-state index contributed by atoms with van der Waals surface area (Å²) < 4.78 is 46.0. The minimum Gasteiger partial charge on any atom is -0.481 e. The summed E-state index contributed by atoms with van der Waals surface area (Å²) in [5, 5.41) is 0. The Morgan fingerprint density at radius 2 is 1.76 bits per heavy atom. The highest BCUT2D eigenvalue weighted by Crippen LogP contribution is 2.29. The molecule has 0 amide bonds. The van der Waals surface area contributed by atoms with E-state index in [9.17, 15) is 13.2 Å². The Labute approximate surface area is 121 Å².